The van der Waals surface area contributed by atoms with Crippen LogP contribution in [-0.4, -0.2) is 24.1 Å². The lowest BCUT2D eigenvalue weighted by Gasteiger charge is -2.26. The Hall–Kier alpha value is -1.78. The lowest BCUT2D eigenvalue weighted by atomic mass is 10.1. The summed E-state index contributed by atoms with van der Waals surface area (Å²) in [4.78, 5) is 2.04. The van der Waals surface area contributed by atoms with Gasteiger partial charge in [0.15, 0.2) is 0 Å². The summed E-state index contributed by atoms with van der Waals surface area (Å²) in [5.41, 5.74) is 6.46. The Morgan fingerprint density at radius 2 is 2.06 bits per heavy atom. The minimum Gasteiger partial charge on any atom is -0.409 e. The van der Waals surface area contributed by atoms with Crippen molar-refractivity contribution in [3.05, 3.63) is 30.1 Å². The van der Waals surface area contributed by atoms with Crippen LogP contribution in [0.25, 0.3) is 0 Å². The fraction of sp³-hybridized carbons (Fsp3) is 0.417. The van der Waals surface area contributed by atoms with Gasteiger partial charge in [0.1, 0.15) is 11.7 Å². The molecule has 0 radical (unpaired) electrons. The first-order chi connectivity index (χ1) is 8.08. The minimum atomic E-state index is -0.255. The summed E-state index contributed by atoms with van der Waals surface area (Å²) in [5.74, 6) is -0.121. The normalized spacial score (nSPS) is 13.5. The molecule has 4 nitrogen and oxygen atoms in total. The molecule has 0 aliphatic rings. The van der Waals surface area contributed by atoms with Gasteiger partial charge in [-0.2, -0.15) is 0 Å². The predicted octanol–water partition coefficient (Wildman–Crippen LogP) is 2.03. The monoisotopic (exact) mass is 239 g/mol. The summed E-state index contributed by atoms with van der Waals surface area (Å²) in [6.45, 7) is 5.27. The van der Waals surface area contributed by atoms with Crippen molar-refractivity contribution in [1.82, 2.24) is 0 Å². The molecule has 0 heterocycles. The number of benzene rings is 1. The van der Waals surface area contributed by atoms with Crippen molar-refractivity contribution in [2.45, 2.75) is 13.8 Å². The van der Waals surface area contributed by atoms with Crippen molar-refractivity contribution in [3.63, 3.8) is 0 Å². The van der Waals surface area contributed by atoms with E-state index in [1.807, 2.05) is 18.7 Å². The summed E-state index contributed by atoms with van der Waals surface area (Å²) < 4.78 is 12.8. The summed E-state index contributed by atoms with van der Waals surface area (Å²) in [6, 6.07) is 6.29. The van der Waals surface area contributed by atoms with Gasteiger partial charge in [0.25, 0.3) is 0 Å². The largest absolute Gasteiger partial charge is 0.409 e. The molecule has 0 saturated heterocycles. The Morgan fingerprint density at radius 3 is 2.53 bits per heavy atom. The summed E-state index contributed by atoms with van der Waals surface area (Å²) >= 11 is 0. The number of hydrogen-bond donors (Lipinski definition) is 2. The highest BCUT2D eigenvalue weighted by Crippen LogP contribution is 2.16. The molecule has 1 unspecified atom stereocenters. The number of halogens is 1. The number of hydrogen-bond acceptors (Lipinski definition) is 3. The second-order valence-electron chi connectivity index (χ2n) is 3.94. The quantitative estimate of drug-likeness (QED) is 0.358. The van der Waals surface area contributed by atoms with Crippen LogP contribution in [0, 0.1) is 11.7 Å². The zero-order valence-corrected chi connectivity index (χ0v) is 10.1. The van der Waals surface area contributed by atoms with Crippen LogP contribution < -0.4 is 10.6 Å². The van der Waals surface area contributed by atoms with E-state index < -0.39 is 0 Å². The van der Waals surface area contributed by atoms with Crippen molar-refractivity contribution >= 4 is 11.5 Å². The molecule has 1 atom stereocenters. The van der Waals surface area contributed by atoms with E-state index in [2.05, 4.69) is 5.16 Å². The van der Waals surface area contributed by atoms with E-state index in [9.17, 15) is 4.39 Å². The number of anilines is 1. The second-order valence-corrected chi connectivity index (χ2v) is 3.94. The van der Waals surface area contributed by atoms with E-state index in [-0.39, 0.29) is 17.6 Å². The predicted molar refractivity (Wildman–Crippen MR) is 66.9 cm³/mol. The van der Waals surface area contributed by atoms with Crippen molar-refractivity contribution < 1.29 is 9.60 Å². The molecule has 17 heavy (non-hydrogen) atoms. The molecule has 1 rings (SSSR count). The van der Waals surface area contributed by atoms with E-state index in [1.165, 1.54) is 12.1 Å². The van der Waals surface area contributed by atoms with E-state index in [0.29, 0.717) is 6.54 Å². The van der Waals surface area contributed by atoms with Crippen LogP contribution in [0.15, 0.2) is 29.4 Å². The highest BCUT2D eigenvalue weighted by atomic mass is 19.1. The standard InChI is InChI=1S/C12H18FN3O/c1-3-16(8-9(2)12(14)15-17)11-6-4-10(13)5-7-11/h4-7,9,17H,3,8H2,1-2H3,(H2,14,15). The molecule has 1 aromatic rings. The molecular weight excluding hydrogens is 221 g/mol. The molecular formula is C12H18FN3O. The van der Waals surface area contributed by atoms with Gasteiger partial charge in [0.05, 0.1) is 0 Å². The van der Waals surface area contributed by atoms with E-state index in [1.54, 1.807) is 12.1 Å². The third-order valence-electron chi connectivity index (χ3n) is 2.69. The molecule has 3 N–H and O–H groups in total. The van der Waals surface area contributed by atoms with Crippen molar-refractivity contribution in [1.29, 1.82) is 0 Å². The van der Waals surface area contributed by atoms with Crippen molar-refractivity contribution in [3.8, 4) is 0 Å². The van der Waals surface area contributed by atoms with Gasteiger partial charge in [0, 0.05) is 24.7 Å². The number of oxime groups is 1. The highest BCUT2D eigenvalue weighted by molar-refractivity contribution is 5.82. The Morgan fingerprint density at radius 1 is 1.47 bits per heavy atom. The Balaban J connectivity index is 2.75. The minimum absolute atomic E-state index is 0.0648. The third kappa shape index (κ3) is 3.62. The maximum absolute atomic E-state index is 12.8. The topological polar surface area (TPSA) is 61.8 Å². The van der Waals surface area contributed by atoms with E-state index in [4.69, 9.17) is 10.9 Å². The van der Waals surface area contributed by atoms with Crippen LogP contribution in [0.4, 0.5) is 10.1 Å². The smallest absolute Gasteiger partial charge is 0.143 e. The summed E-state index contributed by atoms with van der Waals surface area (Å²) in [5, 5.41) is 11.6. The summed E-state index contributed by atoms with van der Waals surface area (Å²) in [7, 11) is 0. The summed E-state index contributed by atoms with van der Waals surface area (Å²) in [6.07, 6.45) is 0. The van der Waals surface area contributed by atoms with Gasteiger partial charge in [0.2, 0.25) is 0 Å². The van der Waals surface area contributed by atoms with Crippen LogP contribution >= 0.6 is 0 Å². The average Bonchev–Trinajstić information content (AvgIpc) is 2.35. The molecule has 0 amide bonds. The van der Waals surface area contributed by atoms with E-state index >= 15 is 0 Å². The van der Waals surface area contributed by atoms with Crippen LogP contribution in [0.1, 0.15) is 13.8 Å². The second kappa shape index (κ2) is 6.08. The Kier molecular flexibility index (Phi) is 4.75. The fourth-order valence-electron chi connectivity index (χ4n) is 1.59. The van der Waals surface area contributed by atoms with Gasteiger partial charge in [-0.15, -0.1) is 0 Å². The van der Waals surface area contributed by atoms with Crippen molar-refractivity contribution in [2.75, 3.05) is 18.0 Å². The maximum atomic E-state index is 12.8. The molecule has 0 spiro atoms. The zero-order valence-electron chi connectivity index (χ0n) is 10.1. The molecule has 94 valence electrons. The number of amidine groups is 1. The molecule has 0 aromatic heterocycles. The fourth-order valence-corrected chi connectivity index (χ4v) is 1.59. The van der Waals surface area contributed by atoms with Gasteiger partial charge in [-0.1, -0.05) is 12.1 Å². The first-order valence-corrected chi connectivity index (χ1v) is 5.56. The molecule has 0 saturated carbocycles. The Bertz CT molecular complexity index is 378. The zero-order chi connectivity index (χ0) is 12.8. The van der Waals surface area contributed by atoms with Gasteiger partial charge in [-0.3, -0.25) is 0 Å². The number of nitrogens with two attached hydrogens (primary N) is 1. The van der Waals surface area contributed by atoms with Gasteiger partial charge in [-0.05, 0) is 31.2 Å². The first kappa shape index (κ1) is 13.3. The first-order valence-electron chi connectivity index (χ1n) is 5.56. The highest BCUT2D eigenvalue weighted by Gasteiger charge is 2.13. The molecule has 0 aliphatic carbocycles. The van der Waals surface area contributed by atoms with Crippen LogP contribution in [-0.2, 0) is 0 Å². The van der Waals surface area contributed by atoms with Gasteiger partial charge in [-0.25, -0.2) is 4.39 Å². The molecule has 0 aliphatic heterocycles. The number of rotatable bonds is 5. The van der Waals surface area contributed by atoms with Crippen LogP contribution in [0.5, 0.6) is 0 Å². The SMILES string of the molecule is CCN(CC(C)C(N)=NO)c1ccc(F)cc1. The van der Waals surface area contributed by atoms with Gasteiger partial charge < -0.3 is 15.8 Å². The number of nitrogens with zero attached hydrogens (tertiary/aromatic N) is 2. The van der Waals surface area contributed by atoms with E-state index in [0.717, 1.165) is 12.2 Å². The molecule has 1 aromatic carbocycles. The lowest BCUT2D eigenvalue weighted by Crippen LogP contribution is -2.34. The van der Waals surface area contributed by atoms with Gasteiger partial charge >= 0.3 is 0 Å². The maximum Gasteiger partial charge on any atom is 0.143 e. The lowest BCUT2D eigenvalue weighted by molar-refractivity contribution is 0.314. The molecule has 0 bridgehead atoms. The third-order valence-corrected chi connectivity index (χ3v) is 2.69. The molecule has 5 heteroatoms. The average molecular weight is 239 g/mol. The Labute approximate surface area is 101 Å². The van der Waals surface area contributed by atoms with Crippen LogP contribution in [0.2, 0.25) is 0 Å². The molecule has 0 fully saturated rings. The van der Waals surface area contributed by atoms with Crippen molar-refractivity contribution in [2.24, 2.45) is 16.8 Å². The van der Waals surface area contributed by atoms with Crippen LogP contribution in [0.3, 0.4) is 0 Å².